The van der Waals surface area contributed by atoms with Crippen molar-refractivity contribution in [2.75, 3.05) is 12.1 Å². The van der Waals surface area contributed by atoms with E-state index in [4.69, 9.17) is 9.47 Å². The van der Waals surface area contributed by atoms with Crippen LogP contribution in [-0.2, 0) is 6.42 Å². The highest BCUT2D eigenvalue weighted by Crippen LogP contribution is 2.44. The van der Waals surface area contributed by atoms with Crippen LogP contribution in [0.4, 0.5) is 11.5 Å². The number of nitrogens with zero attached hydrogens (tertiary/aromatic N) is 1. The third-order valence-corrected chi connectivity index (χ3v) is 5.47. The fraction of sp³-hybridized carbons (Fsp3) is 0.150. The number of hydrogen-bond acceptors (Lipinski definition) is 6. The number of fused-ring (bicyclic) bond motifs is 5. The molecule has 0 saturated heterocycles. The van der Waals surface area contributed by atoms with E-state index in [1.165, 1.54) is 0 Å². The lowest BCUT2D eigenvalue weighted by atomic mass is 9.82. The number of rotatable bonds is 2. The Balaban J connectivity index is 1.57. The molecule has 144 valence electrons. The summed E-state index contributed by atoms with van der Waals surface area (Å²) < 4.78 is 10.9. The molecule has 2 aliphatic heterocycles. The van der Waals surface area contributed by atoms with Crippen molar-refractivity contribution < 1.29 is 9.47 Å². The quantitative estimate of drug-likeness (QED) is 0.416. The number of nitrogens with one attached hydrogen (secondary N) is 4. The summed E-state index contributed by atoms with van der Waals surface area (Å²) in [4.78, 5) is 29.7. The Morgan fingerprint density at radius 1 is 1.03 bits per heavy atom. The van der Waals surface area contributed by atoms with Crippen LogP contribution in [0.15, 0.2) is 46.1 Å². The number of ether oxygens (including phenoxy) is 2. The molecule has 9 nitrogen and oxygen atoms in total. The highest BCUT2D eigenvalue weighted by Gasteiger charge is 2.32. The van der Waals surface area contributed by atoms with Crippen LogP contribution in [0.25, 0.3) is 10.9 Å². The molecule has 2 aromatic heterocycles. The van der Waals surface area contributed by atoms with E-state index in [2.05, 4.69) is 25.5 Å². The molecule has 4 aromatic rings. The Labute approximate surface area is 162 Å². The summed E-state index contributed by atoms with van der Waals surface area (Å²) in [6, 6.07) is 9.63. The zero-order valence-corrected chi connectivity index (χ0v) is 15.0. The van der Waals surface area contributed by atoms with E-state index in [0.717, 1.165) is 27.7 Å². The van der Waals surface area contributed by atoms with E-state index >= 15 is 0 Å². The maximum absolute atomic E-state index is 12.8. The molecule has 4 heterocycles. The van der Waals surface area contributed by atoms with E-state index in [0.29, 0.717) is 29.3 Å². The zero-order chi connectivity index (χ0) is 19.5. The van der Waals surface area contributed by atoms with Crippen LogP contribution >= 0.6 is 0 Å². The van der Waals surface area contributed by atoms with E-state index in [1.807, 2.05) is 30.3 Å². The standard InChI is InChI=1S/C20H15N5O4/c26-19-16-11(5-9-1-4-13-14(6-9)29-8-28-13)15-12(22-18(16)23-20(27)24-19)3-2-10-7-21-25-17(10)15/h1-4,6-7,11H,5,8H2,(H,21,25)(H3,22,23,24,26,27). The van der Waals surface area contributed by atoms with Crippen LogP contribution in [-0.4, -0.2) is 27.0 Å². The van der Waals surface area contributed by atoms with Crippen LogP contribution < -0.4 is 26.0 Å². The molecule has 4 N–H and O–H groups in total. The smallest absolute Gasteiger partial charge is 0.327 e. The van der Waals surface area contributed by atoms with E-state index < -0.39 is 11.2 Å². The van der Waals surface area contributed by atoms with Crippen LogP contribution in [0.3, 0.4) is 0 Å². The average Bonchev–Trinajstić information content (AvgIpc) is 3.35. The topological polar surface area (TPSA) is 125 Å². The Morgan fingerprint density at radius 3 is 2.86 bits per heavy atom. The van der Waals surface area contributed by atoms with Gasteiger partial charge < -0.3 is 14.8 Å². The lowest BCUT2D eigenvalue weighted by molar-refractivity contribution is 0.174. The molecule has 0 saturated carbocycles. The van der Waals surface area contributed by atoms with E-state index in [-0.39, 0.29) is 12.7 Å². The normalized spacial score (nSPS) is 16.3. The molecule has 0 fully saturated rings. The van der Waals surface area contributed by atoms with Gasteiger partial charge in [-0.15, -0.1) is 0 Å². The van der Waals surface area contributed by atoms with Crippen molar-refractivity contribution in [2.24, 2.45) is 0 Å². The fourth-order valence-corrected chi connectivity index (χ4v) is 4.22. The Kier molecular flexibility index (Phi) is 3.17. The number of benzene rings is 2. The predicted octanol–water partition coefficient (Wildman–Crippen LogP) is 2.10. The monoisotopic (exact) mass is 389 g/mol. The van der Waals surface area contributed by atoms with Crippen molar-refractivity contribution in [3.05, 3.63) is 74.1 Å². The zero-order valence-electron chi connectivity index (χ0n) is 15.0. The van der Waals surface area contributed by atoms with Crippen molar-refractivity contribution in [3.63, 3.8) is 0 Å². The summed E-state index contributed by atoms with van der Waals surface area (Å²) in [6.07, 6.45) is 2.28. The fourth-order valence-electron chi connectivity index (χ4n) is 4.22. The third-order valence-electron chi connectivity index (χ3n) is 5.47. The molecule has 9 heteroatoms. The molecule has 1 unspecified atom stereocenters. The predicted molar refractivity (Wildman–Crippen MR) is 105 cm³/mol. The Bertz CT molecular complexity index is 1400. The Hall–Kier alpha value is -4.01. The van der Waals surface area contributed by atoms with E-state index in [1.54, 1.807) is 6.20 Å². The molecule has 0 bridgehead atoms. The molecule has 6 rings (SSSR count). The van der Waals surface area contributed by atoms with Gasteiger partial charge in [0.2, 0.25) is 6.79 Å². The second kappa shape index (κ2) is 5.74. The summed E-state index contributed by atoms with van der Waals surface area (Å²) in [5, 5.41) is 11.3. The summed E-state index contributed by atoms with van der Waals surface area (Å²) in [5.41, 5.74) is 3.12. The molecule has 29 heavy (non-hydrogen) atoms. The molecule has 1 atom stereocenters. The summed E-state index contributed by atoms with van der Waals surface area (Å²) in [5.74, 6) is 1.51. The van der Waals surface area contributed by atoms with Gasteiger partial charge >= 0.3 is 5.69 Å². The van der Waals surface area contributed by atoms with Gasteiger partial charge in [0.1, 0.15) is 5.82 Å². The van der Waals surface area contributed by atoms with Gasteiger partial charge in [-0.25, -0.2) is 4.79 Å². The van der Waals surface area contributed by atoms with Crippen LogP contribution in [0, 0.1) is 0 Å². The maximum atomic E-state index is 12.8. The number of aromatic amines is 3. The van der Waals surface area contributed by atoms with Gasteiger partial charge in [0, 0.05) is 22.6 Å². The highest BCUT2D eigenvalue weighted by atomic mass is 16.7. The molecular weight excluding hydrogens is 374 g/mol. The van der Waals surface area contributed by atoms with Crippen molar-refractivity contribution in [1.29, 1.82) is 0 Å². The summed E-state index contributed by atoms with van der Waals surface area (Å²) in [7, 11) is 0. The van der Waals surface area contributed by atoms with Crippen molar-refractivity contribution in [3.8, 4) is 11.5 Å². The number of H-pyrrole nitrogens is 3. The van der Waals surface area contributed by atoms with Gasteiger partial charge in [0.05, 0.1) is 17.3 Å². The molecule has 0 aliphatic carbocycles. The van der Waals surface area contributed by atoms with Gasteiger partial charge in [0.25, 0.3) is 5.56 Å². The lowest BCUT2D eigenvalue weighted by Gasteiger charge is -2.28. The van der Waals surface area contributed by atoms with Crippen molar-refractivity contribution >= 4 is 22.4 Å². The number of hydrogen-bond donors (Lipinski definition) is 4. The first-order valence-corrected chi connectivity index (χ1v) is 9.15. The number of aromatic nitrogens is 4. The maximum Gasteiger partial charge on any atom is 0.327 e. The first-order chi connectivity index (χ1) is 14.2. The molecular formula is C20H15N5O4. The van der Waals surface area contributed by atoms with Gasteiger partial charge in [0.15, 0.2) is 11.5 Å². The highest BCUT2D eigenvalue weighted by molar-refractivity contribution is 5.90. The molecule has 0 radical (unpaired) electrons. The lowest BCUT2D eigenvalue weighted by Crippen LogP contribution is -2.32. The van der Waals surface area contributed by atoms with E-state index in [9.17, 15) is 9.59 Å². The second-order valence-electron chi connectivity index (χ2n) is 7.13. The van der Waals surface area contributed by atoms with Crippen molar-refractivity contribution in [1.82, 2.24) is 20.2 Å². The van der Waals surface area contributed by atoms with Gasteiger partial charge in [-0.3, -0.25) is 19.9 Å². The Morgan fingerprint density at radius 2 is 1.93 bits per heavy atom. The summed E-state index contributed by atoms with van der Waals surface area (Å²) >= 11 is 0. The molecule has 0 amide bonds. The second-order valence-corrected chi connectivity index (χ2v) is 7.13. The third kappa shape index (κ3) is 2.37. The average molecular weight is 389 g/mol. The minimum absolute atomic E-state index is 0.202. The minimum Gasteiger partial charge on any atom is -0.454 e. The largest absolute Gasteiger partial charge is 0.454 e. The minimum atomic E-state index is -0.547. The van der Waals surface area contributed by atoms with Gasteiger partial charge in [-0.05, 0) is 36.2 Å². The first kappa shape index (κ1) is 16.0. The van der Waals surface area contributed by atoms with Crippen LogP contribution in [0.2, 0.25) is 0 Å². The molecule has 2 aromatic carbocycles. The van der Waals surface area contributed by atoms with Crippen LogP contribution in [0.5, 0.6) is 11.5 Å². The molecule has 2 aliphatic rings. The SMILES string of the molecule is O=c1[nH]c2c(c(=O)[nH]1)C(Cc1ccc3c(c1)OCO3)c1c(ccc3cn[nH]c13)N2. The van der Waals surface area contributed by atoms with Crippen molar-refractivity contribution in [2.45, 2.75) is 12.3 Å². The first-order valence-electron chi connectivity index (χ1n) is 9.15. The number of anilines is 2. The molecule has 0 spiro atoms. The van der Waals surface area contributed by atoms with Gasteiger partial charge in [-0.2, -0.15) is 5.10 Å². The van der Waals surface area contributed by atoms with Gasteiger partial charge in [-0.1, -0.05) is 6.07 Å². The van der Waals surface area contributed by atoms with Crippen LogP contribution in [0.1, 0.15) is 22.6 Å². The summed E-state index contributed by atoms with van der Waals surface area (Å²) in [6.45, 7) is 0.202.